The van der Waals surface area contributed by atoms with Crippen LogP contribution in [0.25, 0.3) is 0 Å². The summed E-state index contributed by atoms with van der Waals surface area (Å²) in [7, 11) is 5.29. The van der Waals surface area contributed by atoms with E-state index in [-0.39, 0.29) is 17.1 Å². The number of thioether (sulfide) groups is 2. The summed E-state index contributed by atoms with van der Waals surface area (Å²) in [6.07, 6.45) is 1.01. The summed E-state index contributed by atoms with van der Waals surface area (Å²) < 4.78 is 8.07. The van der Waals surface area contributed by atoms with E-state index in [0.29, 0.717) is 28.2 Å². The molecule has 0 saturated carbocycles. The number of benzene rings is 5. The van der Waals surface area contributed by atoms with Crippen molar-refractivity contribution in [2.45, 2.75) is 34.8 Å². The molecule has 0 spiro atoms. The number of ether oxygens (including phenoxy) is 1. The molecule has 2 aromatic heterocycles. The molecular weight excluding hydrogens is 941 g/mol. The van der Waals surface area contributed by atoms with E-state index in [4.69, 9.17) is 14.6 Å². The lowest BCUT2D eigenvalue weighted by Crippen LogP contribution is -2.71. The molecule has 5 aromatic carbocycles. The molecule has 2 unspecified atom stereocenters. The van der Waals surface area contributed by atoms with Crippen molar-refractivity contribution in [3.63, 3.8) is 0 Å². The van der Waals surface area contributed by atoms with Gasteiger partial charge in [0.1, 0.15) is 35.5 Å². The third-order valence-electron chi connectivity index (χ3n) is 11.7. The molecular formula is C52H48N10O5S3. The highest BCUT2D eigenvalue weighted by molar-refractivity contribution is 8.02. The quantitative estimate of drug-likeness (QED) is 0.0202. The zero-order valence-electron chi connectivity index (χ0n) is 38.4. The van der Waals surface area contributed by atoms with Crippen LogP contribution in [0.15, 0.2) is 190 Å². The van der Waals surface area contributed by atoms with E-state index in [9.17, 15) is 14.4 Å². The maximum atomic E-state index is 14.7. The lowest BCUT2D eigenvalue weighted by Gasteiger charge is -2.49. The van der Waals surface area contributed by atoms with E-state index >= 15 is 0 Å². The van der Waals surface area contributed by atoms with Gasteiger partial charge in [-0.1, -0.05) is 169 Å². The fourth-order valence-corrected chi connectivity index (χ4v) is 11.0. The van der Waals surface area contributed by atoms with Gasteiger partial charge in [0.2, 0.25) is 5.16 Å². The van der Waals surface area contributed by atoms with Gasteiger partial charge in [-0.2, -0.15) is 0 Å². The number of nitrogens with zero attached hydrogens (tertiary/aromatic N) is 8. The average molecular weight is 989 g/mol. The molecule has 70 heavy (non-hydrogen) atoms. The number of likely N-dealkylation sites (N-methyl/N-ethyl adjacent to an activating group) is 1. The number of tetrazole rings is 1. The van der Waals surface area contributed by atoms with Crippen LogP contribution in [0, 0.1) is 0 Å². The van der Waals surface area contributed by atoms with Crippen molar-refractivity contribution < 1.29 is 24.0 Å². The number of allylic oxidation sites excluding steroid dienone is 1. The van der Waals surface area contributed by atoms with Gasteiger partial charge in [-0.25, -0.2) is 14.5 Å². The molecule has 1 fully saturated rings. The second-order valence-corrected chi connectivity index (χ2v) is 19.2. The Morgan fingerprint density at radius 2 is 1.44 bits per heavy atom. The van der Waals surface area contributed by atoms with E-state index in [1.165, 1.54) is 46.9 Å². The first-order chi connectivity index (χ1) is 34.2. The summed E-state index contributed by atoms with van der Waals surface area (Å²) in [5.74, 6) is -1.53. The smallest absolute Gasteiger partial charge is 0.356 e. The van der Waals surface area contributed by atoms with Crippen LogP contribution >= 0.6 is 34.9 Å². The fourth-order valence-electron chi connectivity index (χ4n) is 8.29. The van der Waals surface area contributed by atoms with Crippen LogP contribution < -0.4 is 10.6 Å². The number of oxime groups is 1. The van der Waals surface area contributed by atoms with Crippen LogP contribution in [0.3, 0.4) is 0 Å². The molecule has 2 N–H and O–H groups in total. The lowest BCUT2D eigenvalue weighted by molar-refractivity contribution is -0.154. The second-order valence-electron chi connectivity index (χ2n) is 16.4. The Hall–Kier alpha value is -7.38. The third-order valence-corrected chi connectivity index (χ3v) is 14.5. The van der Waals surface area contributed by atoms with Gasteiger partial charge in [-0.3, -0.25) is 14.5 Å². The van der Waals surface area contributed by atoms with Gasteiger partial charge in [0, 0.05) is 17.7 Å². The second kappa shape index (κ2) is 21.9. The number of thiazole rings is 1. The molecule has 18 heteroatoms. The Morgan fingerprint density at radius 3 is 2.00 bits per heavy atom. The Labute approximate surface area is 417 Å². The Balaban J connectivity index is 0.985. The number of amides is 2. The van der Waals surface area contributed by atoms with Crippen molar-refractivity contribution in [1.82, 2.24) is 40.3 Å². The molecule has 2 atom stereocenters. The van der Waals surface area contributed by atoms with Crippen molar-refractivity contribution >= 4 is 63.5 Å². The fraction of sp³-hybridized carbons (Fsp3) is 0.192. The molecule has 4 heterocycles. The predicted octanol–water partition coefficient (Wildman–Crippen LogP) is 7.74. The molecule has 2 amide bonds. The van der Waals surface area contributed by atoms with Gasteiger partial charge >= 0.3 is 5.97 Å². The van der Waals surface area contributed by atoms with Gasteiger partial charge in [0.15, 0.2) is 16.9 Å². The molecule has 2 aliphatic rings. The van der Waals surface area contributed by atoms with E-state index in [1.807, 2.05) is 134 Å². The summed E-state index contributed by atoms with van der Waals surface area (Å²) in [5, 5.41) is 26.9. The standard InChI is InChI=1S/C52H48N10O5S3/c1-60(2)30-31-61-51(56-58-59-61)68-32-29-37-33-69-48-43(47(64)62(48)44(37)49(65)67-45(35-19-9-4-10-20-35)36-21-11-5-12-22-36)54-46(63)42(57-66-3)41-34-70-50(53-41)55-52(38-23-13-6-14-24-38,39-25-15-7-16-26-39)40-27-17-8-18-28-40/h4-29,32,34,43,45,48H,30-31,33H2,1-3H3,(H,53,55)(H,54,63). The minimum atomic E-state index is -1.01. The zero-order valence-corrected chi connectivity index (χ0v) is 40.8. The number of nitrogens with one attached hydrogen (secondary N) is 2. The number of β-lactam (4-membered cyclic amide) rings is 1. The number of carbonyl (C=O) groups is 3. The van der Waals surface area contributed by atoms with Gasteiger partial charge in [-0.15, -0.1) is 28.2 Å². The molecule has 9 rings (SSSR count). The van der Waals surface area contributed by atoms with E-state index in [1.54, 1.807) is 21.5 Å². The van der Waals surface area contributed by atoms with Crippen molar-refractivity contribution in [2.24, 2.45) is 5.16 Å². The lowest BCUT2D eigenvalue weighted by atomic mass is 9.77. The van der Waals surface area contributed by atoms with E-state index in [2.05, 4.69) is 67.7 Å². The maximum Gasteiger partial charge on any atom is 0.356 e. The number of hydrogen-bond acceptors (Lipinski definition) is 15. The largest absolute Gasteiger partial charge is 0.448 e. The van der Waals surface area contributed by atoms with Crippen LogP contribution in [0.5, 0.6) is 0 Å². The number of carbonyl (C=O) groups excluding carboxylic acids is 3. The van der Waals surface area contributed by atoms with Crippen molar-refractivity contribution in [3.05, 3.63) is 213 Å². The minimum absolute atomic E-state index is 0.0832. The van der Waals surface area contributed by atoms with Crippen molar-refractivity contribution in [2.75, 3.05) is 38.8 Å². The highest BCUT2D eigenvalue weighted by Gasteiger charge is 2.55. The number of hydrogen-bond donors (Lipinski definition) is 2. The van der Waals surface area contributed by atoms with Crippen LogP contribution in [0.1, 0.15) is 39.6 Å². The third kappa shape index (κ3) is 10.2. The normalized spacial score (nSPS) is 16.0. The summed E-state index contributed by atoms with van der Waals surface area (Å²) in [6, 6.07) is 48.2. The summed E-state index contributed by atoms with van der Waals surface area (Å²) in [5.41, 5.74) is 4.35. The molecule has 7 aromatic rings. The topological polar surface area (TPSA) is 169 Å². The number of fused-ring (bicyclic) bond motifs is 1. The van der Waals surface area contributed by atoms with Crippen molar-refractivity contribution in [1.29, 1.82) is 0 Å². The molecule has 1 saturated heterocycles. The molecule has 0 radical (unpaired) electrons. The Bertz CT molecular complexity index is 2870. The predicted molar refractivity (Wildman–Crippen MR) is 273 cm³/mol. The van der Waals surface area contributed by atoms with Crippen LogP contribution in [-0.4, -0.2) is 103 Å². The number of rotatable bonds is 19. The maximum absolute atomic E-state index is 14.7. The van der Waals surface area contributed by atoms with E-state index in [0.717, 1.165) is 34.4 Å². The number of anilines is 1. The first-order valence-electron chi connectivity index (χ1n) is 22.3. The van der Waals surface area contributed by atoms with Gasteiger partial charge in [-0.05, 0) is 69.4 Å². The number of esters is 1. The van der Waals surface area contributed by atoms with Crippen LogP contribution in [0.2, 0.25) is 0 Å². The molecule has 0 bridgehead atoms. The van der Waals surface area contributed by atoms with Gasteiger partial charge in [0.25, 0.3) is 11.8 Å². The SMILES string of the molecule is CON=C(C(=O)NC1C(=O)N2C(C(=O)OC(c3ccccc3)c3ccccc3)=C(C=CSc3nnnn3CCN(C)C)CSC12)c1csc(NC(c2ccccc2)(c2ccccc2)c2ccccc2)n1. The Morgan fingerprint density at radius 1 is 0.871 bits per heavy atom. The highest BCUT2D eigenvalue weighted by Crippen LogP contribution is 2.43. The first kappa shape index (κ1) is 47.7. The number of aromatic nitrogens is 5. The van der Waals surface area contributed by atoms with E-state index < -0.39 is 40.8 Å². The summed E-state index contributed by atoms with van der Waals surface area (Å²) in [6.45, 7) is 1.32. The minimum Gasteiger partial charge on any atom is -0.448 e. The summed E-state index contributed by atoms with van der Waals surface area (Å²) >= 11 is 4.01. The van der Waals surface area contributed by atoms with Gasteiger partial charge in [0.05, 0.1) is 6.54 Å². The molecule has 2 aliphatic heterocycles. The van der Waals surface area contributed by atoms with Crippen molar-refractivity contribution in [3.8, 4) is 0 Å². The monoisotopic (exact) mass is 988 g/mol. The van der Waals surface area contributed by atoms with Crippen LogP contribution in [-0.2, 0) is 36.0 Å². The first-order valence-corrected chi connectivity index (χ1v) is 25.1. The molecule has 0 aliphatic carbocycles. The molecule has 354 valence electrons. The zero-order chi connectivity index (χ0) is 48.5. The Kier molecular flexibility index (Phi) is 14.9. The van der Waals surface area contributed by atoms with Gasteiger partial charge < -0.3 is 25.1 Å². The molecule has 15 nitrogen and oxygen atoms in total. The van der Waals surface area contributed by atoms with Crippen LogP contribution in [0.4, 0.5) is 5.13 Å². The highest BCUT2D eigenvalue weighted by atomic mass is 32.2. The summed E-state index contributed by atoms with van der Waals surface area (Å²) in [4.78, 5) is 57.0. The average Bonchev–Trinajstić information content (AvgIpc) is 4.07.